The van der Waals surface area contributed by atoms with Crippen molar-refractivity contribution in [3.63, 3.8) is 0 Å². The third-order valence-corrected chi connectivity index (χ3v) is 9.09. The minimum Gasteiger partial charge on any atom is -0.455 e. The summed E-state index contributed by atoms with van der Waals surface area (Å²) in [5.74, 6) is 0. The molecule has 0 aliphatic heterocycles. The SMILES string of the molecule is c1ccc(-c2ccccc2-c2c3ccccc3c(-c3cccc4oc5c(-c6ccccc6)cccc5c34)c3ccccc23)cc1. The first kappa shape index (κ1) is 25.6. The highest BCUT2D eigenvalue weighted by Gasteiger charge is 2.22. The average Bonchev–Trinajstić information content (AvgIpc) is 3.51. The maximum atomic E-state index is 6.68. The summed E-state index contributed by atoms with van der Waals surface area (Å²) in [6, 6.07) is 60.8. The largest absolute Gasteiger partial charge is 0.455 e. The van der Waals surface area contributed by atoms with Crippen LogP contribution in [0.4, 0.5) is 0 Å². The molecule has 0 atom stereocenters. The molecular weight excluding hydrogens is 544 g/mol. The van der Waals surface area contributed by atoms with Gasteiger partial charge in [0, 0.05) is 16.3 Å². The van der Waals surface area contributed by atoms with E-state index in [1.165, 1.54) is 54.9 Å². The van der Waals surface area contributed by atoms with Crippen molar-refractivity contribution in [1.82, 2.24) is 0 Å². The maximum absolute atomic E-state index is 6.68. The Morgan fingerprint density at radius 2 is 0.711 bits per heavy atom. The lowest BCUT2D eigenvalue weighted by Crippen LogP contribution is -1.93. The van der Waals surface area contributed by atoms with Gasteiger partial charge >= 0.3 is 0 Å². The second-order valence-corrected chi connectivity index (χ2v) is 11.6. The predicted molar refractivity (Wildman–Crippen MR) is 190 cm³/mol. The summed E-state index contributed by atoms with van der Waals surface area (Å²) in [4.78, 5) is 0. The molecule has 45 heavy (non-hydrogen) atoms. The molecule has 1 aromatic heterocycles. The molecule has 0 N–H and O–H groups in total. The number of hydrogen-bond donors (Lipinski definition) is 0. The van der Waals surface area contributed by atoms with Crippen molar-refractivity contribution >= 4 is 43.5 Å². The molecule has 0 amide bonds. The smallest absolute Gasteiger partial charge is 0.143 e. The third kappa shape index (κ3) is 4.02. The summed E-state index contributed by atoms with van der Waals surface area (Å²) >= 11 is 0. The van der Waals surface area contributed by atoms with E-state index in [0.29, 0.717) is 0 Å². The van der Waals surface area contributed by atoms with E-state index in [9.17, 15) is 0 Å². The molecule has 210 valence electrons. The first-order valence-electron chi connectivity index (χ1n) is 15.4. The highest BCUT2D eigenvalue weighted by atomic mass is 16.3. The lowest BCUT2D eigenvalue weighted by Gasteiger charge is -2.20. The molecule has 1 heterocycles. The van der Waals surface area contributed by atoms with Crippen LogP contribution in [0.15, 0.2) is 174 Å². The molecule has 0 unspecified atom stereocenters. The Kier molecular flexibility index (Phi) is 5.89. The number of fused-ring (bicyclic) bond motifs is 5. The summed E-state index contributed by atoms with van der Waals surface area (Å²) in [5.41, 5.74) is 11.5. The number of hydrogen-bond acceptors (Lipinski definition) is 1. The average molecular weight is 573 g/mol. The number of rotatable bonds is 4. The molecule has 9 rings (SSSR count). The normalized spacial score (nSPS) is 11.6. The molecule has 8 aromatic carbocycles. The van der Waals surface area contributed by atoms with Gasteiger partial charge in [-0.2, -0.15) is 0 Å². The Balaban J connectivity index is 1.40. The molecule has 0 bridgehead atoms. The first-order valence-corrected chi connectivity index (χ1v) is 15.4. The van der Waals surface area contributed by atoms with E-state index < -0.39 is 0 Å². The van der Waals surface area contributed by atoms with Gasteiger partial charge in [-0.1, -0.05) is 164 Å². The highest BCUT2D eigenvalue weighted by Crippen LogP contribution is 2.48. The fourth-order valence-corrected chi connectivity index (χ4v) is 7.18. The zero-order valence-corrected chi connectivity index (χ0v) is 24.6. The van der Waals surface area contributed by atoms with E-state index >= 15 is 0 Å². The van der Waals surface area contributed by atoms with Crippen LogP contribution in [0.3, 0.4) is 0 Å². The van der Waals surface area contributed by atoms with Crippen LogP contribution in [0, 0.1) is 0 Å². The minimum absolute atomic E-state index is 0.901. The summed E-state index contributed by atoms with van der Waals surface area (Å²) in [5, 5.41) is 7.23. The Bertz CT molecular complexity index is 2460. The topological polar surface area (TPSA) is 13.1 Å². The van der Waals surface area contributed by atoms with Crippen molar-refractivity contribution in [2.24, 2.45) is 0 Å². The third-order valence-electron chi connectivity index (χ3n) is 9.09. The fourth-order valence-electron chi connectivity index (χ4n) is 7.18. The van der Waals surface area contributed by atoms with Gasteiger partial charge in [0.1, 0.15) is 11.2 Å². The van der Waals surface area contributed by atoms with Crippen molar-refractivity contribution in [1.29, 1.82) is 0 Å². The van der Waals surface area contributed by atoms with Gasteiger partial charge in [-0.3, -0.25) is 0 Å². The van der Waals surface area contributed by atoms with E-state index in [-0.39, 0.29) is 0 Å². The van der Waals surface area contributed by atoms with Gasteiger partial charge in [0.25, 0.3) is 0 Å². The van der Waals surface area contributed by atoms with Gasteiger partial charge in [-0.15, -0.1) is 0 Å². The lowest BCUT2D eigenvalue weighted by atomic mass is 9.83. The van der Waals surface area contributed by atoms with Gasteiger partial charge in [0.2, 0.25) is 0 Å². The standard InChI is InChI=1S/C44H28O/c1-3-15-29(16-4-1)31-19-7-8-20-33(31)41-34-21-9-11-23-36(34)42(37-24-12-10-22-35(37)41)38-26-14-28-40-43(38)39-27-13-25-32(44(39)45-40)30-17-5-2-6-18-30/h1-28H. The van der Waals surface area contributed by atoms with E-state index in [0.717, 1.165) is 33.1 Å². The molecule has 0 radical (unpaired) electrons. The molecule has 0 spiro atoms. The molecule has 0 saturated carbocycles. The van der Waals surface area contributed by atoms with Crippen LogP contribution in [-0.2, 0) is 0 Å². The number of furan rings is 1. The van der Waals surface area contributed by atoms with E-state index in [4.69, 9.17) is 4.42 Å². The molecule has 1 nitrogen and oxygen atoms in total. The zero-order chi connectivity index (χ0) is 29.7. The van der Waals surface area contributed by atoms with Crippen molar-refractivity contribution in [3.05, 3.63) is 170 Å². The molecule has 1 heteroatoms. The zero-order valence-electron chi connectivity index (χ0n) is 24.6. The van der Waals surface area contributed by atoms with Crippen LogP contribution in [0.5, 0.6) is 0 Å². The van der Waals surface area contributed by atoms with Crippen LogP contribution < -0.4 is 0 Å². The maximum Gasteiger partial charge on any atom is 0.143 e. The van der Waals surface area contributed by atoms with Crippen LogP contribution >= 0.6 is 0 Å². The van der Waals surface area contributed by atoms with E-state index in [1.54, 1.807) is 0 Å². The lowest BCUT2D eigenvalue weighted by molar-refractivity contribution is 0.670. The van der Waals surface area contributed by atoms with Crippen molar-refractivity contribution in [3.8, 4) is 44.5 Å². The molecule has 0 aliphatic carbocycles. The summed E-state index contributed by atoms with van der Waals surface area (Å²) in [7, 11) is 0. The van der Waals surface area contributed by atoms with E-state index in [2.05, 4.69) is 170 Å². The fraction of sp³-hybridized carbons (Fsp3) is 0. The predicted octanol–water partition coefficient (Wildman–Crippen LogP) is 12.6. The van der Waals surface area contributed by atoms with Gasteiger partial charge in [0.15, 0.2) is 0 Å². The van der Waals surface area contributed by atoms with Gasteiger partial charge in [0.05, 0.1) is 0 Å². The quantitative estimate of drug-likeness (QED) is 0.191. The Labute approximate surface area is 261 Å². The van der Waals surface area contributed by atoms with Crippen molar-refractivity contribution in [2.75, 3.05) is 0 Å². The molecule has 0 saturated heterocycles. The Morgan fingerprint density at radius 1 is 0.289 bits per heavy atom. The Morgan fingerprint density at radius 3 is 1.33 bits per heavy atom. The van der Waals surface area contributed by atoms with Crippen LogP contribution in [0.25, 0.3) is 88.0 Å². The second-order valence-electron chi connectivity index (χ2n) is 11.6. The number of para-hydroxylation sites is 1. The summed E-state index contributed by atoms with van der Waals surface area (Å²) < 4.78 is 6.68. The first-order chi connectivity index (χ1) is 22.4. The second kappa shape index (κ2) is 10.4. The summed E-state index contributed by atoms with van der Waals surface area (Å²) in [6.07, 6.45) is 0. The minimum atomic E-state index is 0.901. The Hall–Kier alpha value is -5.92. The molecule has 0 aliphatic rings. The van der Waals surface area contributed by atoms with Gasteiger partial charge in [-0.05, 0) is 66.6 Å². The highest BCUT2D eigenvalue weighted by molar-refractivity contribution is 6.26. The molecule has 9 aromatic rings. The van der Waals surface area contributed by atoms with Crippen molar-refractivity contribution < 1.29 is 4.42 Å². The van der Waals surface area contributed by atoms with Gasteiger partial charge < -0.3 is 4.42 Å². The molecular formula is C44H28O. The summed E-state index contributed by atoms with van der Waals surface area (Å²) in [6.45, 7) is 0. The van der Waals surface area contributed by atoms with Gasteiger partial charge in [-0.25, -0.2) is 0 Å². The van der Waals surface area contributed by atoms with Crippen LogP contribution in [-0.4, -0.2) is 0 Å². The van der Waals surface area contributed by atoms with Crippen LogP contribution in [0.2, 0.25) is 0 Å². The van der Waals surface area contributed by atoms with Crippen LogP contribution in [0.1, 0.15) is 0 Å². The molecule has 0 fully saturated rings. The monoisotopic (exact) mass is 572 g/mol. The van der Waals surface area contributed by atoms with Crippen molar-refractivity contribution in [2.45, 2.75) is 0 Å². The van der Waals surface area contributed by atoms with E-state index in [1.807, 2.05) is 0 Å². The number of benzene rings is 8.